The Bertz CT molecular complexity index is 2300. The van der Waals surface area contributed by atoms with Gasteiger partial charge in [-0.2, -0.15) is 23.5 Å². The van der Waals surface area contributed by atoms with Gasteiger partial charge < -0.3 is 31.2 Å². The molecule has 0 spiro atoms. The molecule has 0 fully saturated rings. The van der Waals surface area contributed by atoms with Crippen molar-refractivity contribution in [2.75, 3.05) is 14.1 Å². The molecule has 3 heterocycles. The van der Waals surface area contributed by atoms with Gasteiger partial charge in [0.05, 0.1) is 60.8 Å². The second kappa shape index (κ2) is 14.9. The lowest BCUT2D eigenvalue weighted by atomic mass is 10.1. The predicted octanol–water partition coefficient (Wildman–Crippen LogP) is 3.18. The summed E-state index contributed by atoms with van der Waals surface area (Å²) in [5.41, 5.74) is 0.272. The maximum absolute atomic E-state index is 14.2. The van der Waals surface area contributed by atoms with E-state index in [-0.39, 0.29) is 39.8 Å². The van der Waals surface area contributed by atoms with Crippen LogP contribution in [0.5, 0.6) is 0 Å². The summed E-state index contributed by atoms with van der Waals surface area (Å²) in [6.45, 7) is 2.93. The van der Waals surface area contributed by atoms with E-state index in [1.165, 1.54) is 34.7 Å². The first-order valence-electron chi connectivity index (χ1n) is 15.9. The van der Waals surface area contributed by atoms with Crippen molar-refractivity contribution in [3.63, 3.8) is 0 Å². The SMILES string of the molecule is CC(NC(=O)c1c(-c2ccnn2-c2ccc(C#N)cc2)n(C)n(-c2cccc(C(F)(F)F)c2)c1=O)c1ncc(C[N+](C)(C)Cc2ccccc2)o1.[Br-]. The van der Waals surface area contributed by atoms with E-state index in [0.29, 0.717) is 33.7 Å². The molecule has 3 aromatic heterocycles. The summed E-state index contributed by atoms with van der Waals surface area (Å²) < 4.78 is 51.6. The summed E-state index contributed by atoms with van der Waals surface area (Å²) in [4.78, 5) is 32.7. The Labute approximate surface area is 307 Å². The number of hydrogen-bond acceptors (Lipinski definition) is 6. The normalized spacial score (nSPS) is 12.2. The van der Waals surface area contributed by atoms with Crippen molar-refractivity contribution in [2.24, 2.45) is 7.05 Å². The molecular weight excluding hydrogens is 741 g/mol. The minimum absolute atomic E-state index is 0. The van der Waals surface area contributed by atoms with Crippen LogP contribution < -0.4 is 27.9 Å². The van der Waals surface area contributed by atoms with Crippen molar-refractivity contribution >= 4 is 5.91 Å². The summed E-state index contributed by atoms with van der Waals surface area (Å²) >= 11 is 0. The number of alkyl halides is 3. The summed E-state index contributed by atoms with van der Waals surface area (Å²) in [7, 11) is 5.60. The zero-order chi connectivity index (χ0) is 36.5. The number of hydrogen-bond donors (Lipinski definition) is 1. The van der Waals surface area contributed by atoms with E-state index in [9.17, 15) is 28.0 Å². The molecule has 268 valence electrons. The van der Waals surface area contributed by atoms with Gasteiger partial charge in [-0.25, -0.2) is 14.3 Å². The van der Waals surface area contributed by atoms with E-state index in [1.807, 2.05) is 18.2 Å². The molecule has 6 rings (SSSR count). The largest absolute Gasteiger partial charge is 1.00 e. The monoisotopic (exact) mass is 774 g/mol. The van der Waals surface area contributed by atoms with Crippen molar-refractivity contribution in [1.82, 2.24) is 29.4 Å². The van der Waals surface area contributed by atoms with Crippen LogP contribution in [0.1, 0.15) is 51.7 Å². The molecule has 0 aliphatic carbocycles. The third kappa shape index (κ3) is 7.78. The van der Waals surface area contributed by atoms with E-state index in [4.69, 9.17) is 4.42 Å². The Balaban J connectivity index is 0.00000523. The average molecular weight is 776 g/mol. The van der Waals surface area contributed by atoms with Crippen LogP contribution in [0.25, 0.3) is 22.8 Å². The third-order valence-electron chi connectivity index (χ3n) is 8.36. The maximum atomic E-state index is 14.2. The van der Waals surface area contributed by atoms with Crippen molar-refractivity contribution < 1.29 is 43.8 Å². The summed E-state index contributed by atoms with van der Waals surface area (Å²) in [6, 6.07) is 23.7. The van der Waals surface area contributed by atoms with Crippen molar-refractivity contribution in [3.8, 4) is 28.8 Å². The highest BCUT2D eigenvalue weighted by Crippen LogP contribution is 2.32. The molecule has 11 nitrogen and oxygen atoms in total. The molecule has 0 saturated heterocycles. The van der Waals surface area contributed by atoms with Gasteiger partial charge in [-0.05, 0) is 55.5 Å². The first-order chi connectivity index (χ1) is 24.3. The number of carbonyl (C=O) groups excluding carboxylic acids is 1. The molecule has 52 heavy (non-hydrogen) atoms. The van der Waals surface area contributed by atoms with Gasteiger partial charge in [0.25, 0.3) is 11.5 Å². The molecule has 3 aromatic carbocycles. The van der Waals surface area contributed by atoms with E-state index in [0.717, 1.165) is 28.9 Å². The fourth-order valence-corrected chi connectivity index (χ4v) is 6.06. The fraction of sp³-hybridized carbons (Fsp3) is 0.216. The van der Waals surface area contributed by atoms with Gasteiger partial charge in [0.15, 0.2) is 5.76 Å². The number of nitrogens with one attached hydrogen (secondary N) is 1. The second-order valence-corrected chi connectivity index (χ2v) is 12.8. The van der Waals surface area contributed by atoms with Gasteiger partial charge in [0.2, 0.25) is 5.89 Å². The average Bonchev–Trinajstić information content (AvgIpc) is 3.82. The number of halogens is 4. The second-order valence-electron chi connectivity index (χ2n) is 12.8. The zero-order valence-corrected chi connectivity index (χ0v) is 30.2. The van der Waals surface area contributed by atoms with Crippen LogP contribution >= 0.6 is 0 Å². The number of amides is 1. The summed E-state index contributed by atoms with van der Waals surface area (Å²) in [5, 5.41) is 16.4. The van der Waals surface area contributed by atoms with E-state index < -0.39 is 29.2 Å². The number of benzene rings is 3. The highest BCUT2D eigenvalue weighted by Gasteiger charge is 2.33. The molecule has 0 aliphatic heterocycles. The zero-order valence-electron chi connectivity index (χ0n) is 28.6. The molecule has 1 atom stereocenters. The minimum Gasteiger partial charge on any atom is -1.00 e. The molecular formula is C37H34BrF3N8O3. The van der Waals surface area contributed by atoms with Gasteiger partial charge in [0.1, 0.15) is 30.4 Å². The molecule has 0 bridgehead atoms. The number of carbonyl (C=O) groups is 1. The number of rotatable bonds is 10. The molecule has 1 N–H and O–H groups in total. The van der Waals surface area contributed by atoms with Gasteiger partial charge >= 0.3 is 6.18 Å². The van der Waals surface area contributed by atoms with Crippen LogP contribution in [0, 0.1) is 11.3 Å². The number of nitrogens with zero attached hydrogens (tertiary/aromatic N) is 7. The van der Waals surface area contributed by atoms with Gasteiger partial charge in [0, 0.05) is 12.6 Å². The highest BCUT2D eigenvalue weighted by molar-refractivity contribution is 6.00. The number of quaternary nitrogens is 1. The molecule has 1 unspecified atom stereocenters. The minimum atomic E-state index is -4.66. The molecule has 15 heteroatoms. The lowest BCUT2D eigenvalue weighted by molar-refractivity contribution is -0.917. The Morgan fingerprint density at radius 1 is 1.00 bits per heavy atom. The van der Waals surface area contributed by atoms with Gasteiger partial charge in [-0.3, -0.25) is 14.3 Å². The smallest absolute Gasteiger partial charge is 0.416 e. The van der Waals surface area contributed by atoms with E-state index in [2.05, 4.69) is 47.7 Å². The van der Waals surface area contributed by atoms with Crippen LogP contribution in [0.4, 0.5) is 13.2 Å². The Morgan fingerprint density at radius 3 is 2.38 bits per heavy atom. The number of oxazole rings is 1. The Kier molecular flexibility index (Phi) is 10.7. The van der Waals surface area contributed by atoms with Gasteiger partial charge in [-0.15, -0.1) is 0 Å². The number of nitriles is 1. The van der Waals surface area contributed by atoms with Crippen molar-refractivity contribution in [3.05, 3.63) is 142 Å². The third-order valence-corrected chi connectivity index (χ3v) is 8.36. The molecule has 1 amide bonds. The summed E-state index contributed by atoms with van der Waals surface area (Å²) in [6.07, 6.45) is -1.59. The van der Waals surface area contributed by atoms with Crippen molar-refractivity contribution in [1.29, 1.82) is 5.26 Å². The quantitative estimate of drug-likeness (QED) is 0.214. The van der Waals surface area contributed by atoms with Gasteiger partial charge in [-0.1, -0.05) is 36.4 Å². The molecule has 0 aliphatic rings. The first-order valence-corrected chi connectivity index (χ1v) is 15.9. The highest BCUT2D eigenvalue weighted by atomic mass is 79.9. The maximum Gasteiger partial charge on any atom is 0.416 e. The fourth-order valence-electron chi connectivity index (χ4n) is 6.06. The molecule has 6 aromatic rings. The predicted molar refractivity (Wildman–Crippen MR) is 182 cm³/mol. The van der Waals surface area contributed by atoms with Crippen molar-refractivity contribution in [2.45, 2.75) is 32.2 Å². The molecule has 0 radical (unpaired) electrons. The lowest BCUT2D eigenvalue weighted by Gasteiger charge is -2.28. The van der Waals surface area contributed by atoms with Crippen LogP contribution in [0.15, 0.2) is 107 Å². The van der Waals surface area contributed by atoms with E-state index >= 15 is 0 Å². The van der Waals surface area contributed by atoms with Crippen LogP contribution in [-0.4, -0.2) is 48.6 Å². The van der Waals surface area contributed by atoms with Crippen LogP contribution in [-0.2, 0) is 26.3 Å². The standard InChI is InChI=1S/C37H33F3N8O3.BrH/c1-24(35-42-21-30(51-35)23-48(3,4)22-26-9-6-5-7-10-26)44-34(49)32-33(31-17-18-43-46(31)28-15-13-25(20-41)14-16-28)45(2)47(36(32)50)29-12-8-11-27(19-29)37(38,39)40;/h5-19,21,24H,22-23H2,1-4H3;1H. The molecule has 0 saturated carbocycles. The Hall–Kier alpha value is -5.72. The summed E-state index contributed by atoms with van der Waals surface area (Å²) in [5.74, 6) is 0.0263. The van der Waals surface area contributed by atoms with Crippen LogP contribution in [0.2, 0.25) is 0 Å². The van der Waals surface area contributed by atoms with E-state index in [1.54, 1.807) is 43.5 Å². The Morgan fingerprint density at radius 2 is 1.71 bits per heavy atom. The van der Waals surface area contributed by atoms with Crippen LogP contribution in [0.3, 0.4) is 0 Å². The lowest BCUT2D eigenvalue weighted by Crippen LogP contribution is -3.00. The number of aromatic nitrogens is 5. The first kappa shape index (κ1) is 37.5. The topological polar surface area (TPSA) is 124 Å².